The average molecular weight is 322 g/mol. The lowest BCUT2D eigenvalue weighted by Gasteiger charge is -1.99. The van der Waals surface area contributed by atoms with Crippen molar-refractivity contribution in [2.45, 2.75) is 62.5 Å². The maximum atomic E-state index is 10.3. The van der Waals surface area contributed by atoms with Gasteiger partial charge in [0.15, 0.2) is 0 Å². The van der Waals surface area contributed by atoms with Crippen LogP contribution in [0.25, 0.3) is 0 Å². The molecule has 0 saturated heterocycles. The maximum absolute atomic E-state index is 10.3. The van der Waals surface area contributed by atoms with Gasteiger partial charge in [-0.05, 0) is 24.4 Å². The molecule has 4 nitrogen and oxygen atoms in total. The van der Waals surface area contributed by atoms with Gasteiger partial charge in [0, 0.05) is 0 Å². The van der Waals surface area contributed by atoms with Gasteiger partial charge < -0.3 is 5.73 Å². The molecule has 0 aromatic carbocycles. The molecule has 0 spiro atoms. The Morgan fingerprint density at radius 1 is 1.10 bits per heavy atom. The first-order valence-electron chi connectivity index (χ1n) is 7.23. The van der Waals surface area contributed by atoms with E-state index in [2.05, 4.69) is 6.92 Å². The number of hydrogen-bond donors (Lipinski definition) is 2. The summed E-state index contributed by atoms with van der Waals surface area (Å²) in [5, 5.41) is 1.59. The van der Waals surface area contributed by atoms with E-state index in [0.717, 1.165) is 17.9 Å². The van der Waals surface area contributed by atoms with Crippen molar-refractivity contribution < 1.29 is 13.0 Å². The van der Waals surface area contributed by atoms with Gasteiger partial charge in [0.2, 0.25) is 0 Å². The van der Waals surface area contributed by atoms with Crippen molar-refractivity contribution in [1.82, 2.24) is 0 Å². The SMILES string of the molecule is CCCCCCCCCCN.O=S(=O)(O)c1cccs1. The number of hydrogen-bond acceptors (Lipinski definition) is 4. The van der Waals surface area contributed by atoms with Crippen molar-refractivity contribution in [2.24, 2.45) is 5.73 Å². The Balaban J connectivity index is 0.000000367. The summed E-state index contributed by atoms with van der Waals surface area (Å²) >= 11 is 0.992. The Morgan fingerprint density at radius 3 is 2.00 bits per heavy atom. The zero-order valence-corrected chi connectivity index (χ0v) is 13.9. The Hall–Kier alpha value is -0.430. The largest absolute Gasteiger partial charge is 0.330 e. The van der Waals surface area contributed by atoms with E-state index in [-0.39, 0.29) is 4.21 Å². The average Bonchev–Trinajstić information content (AvgIpc) is 2.92. The standard InChI is InChI=1S/C10H23N.C4H4O3S2/c1-2-3-4-5-6-7-8-9-10-11;5-9(6,7)4-2-1-3-8-4/h2-11H2,1H3;1-3H,(H,5,6,7). The van der Waals surface area contributed by atoms with E-state index >= 15 is 0 Å². The topological polar surface area (TPSA) is 80.4 Å². The van der Waals surface area contributed by atoms with Crippen molar-refractivity contribution in [3.05, 3.63) is 17.5 Å². The molecule has 0 radical (unpaired) electrons. The van der Waals surface area contributed by atoms with Gasteiger partial charge >= 0.3 is 10.1 Å². The minimum absolute atomic E-state index is 0.0116. The summed E-state index contributed by atoms with van der Waals surface area (Å²) in [6.45, 7) is 3.13. The molecule has 0 fully saturated rings. The zero-order valence-electron chi connectivity index (χ0n) is 12.3. The molecule has 0 bridgehead atoms. The van der Waals surface area contributed by atoms with Crippen LogP contribution >= 0.6 is 11.3 Å². The van der Waals surface area contributed by atoms with Crippen LogP contribution in [0.3, 0.4) is 0 Å². The van der Waals surface area contributed by atoms with E-state index in [9.17, 15) is 8.42 Å². The van der Waals surface area contributed by atoms with E-state index in [1.807, 2.05) is 0 Å². The second-order valence-electron chi connectivity index (χ2n) is 4.67. The molecule has 0 aliphatic carbocycles. The molecule has 0 atom stereocenters. The molecule has 0 saturated carbocycles. The molecular weight excluding hydrogens is 294 g/mol. The molecule has 3 N–H and O–H groups in total. The fraction of sp³-hybridized carbons (Fsp3) is 0.714. The number of rotatable bonds is 9. The number of unbranched alkanes of at least 4 members (excludes halogenated alkanes) is 7. The molecule has 1 aromatic rings. The van der Waals surface area contributed by atoms with Crippen molar-refractivity contribution in [2.75, 3.05) is 6.54 Å². The summed E-state index contributed by atoms with van der Waals surface area (Å²) in [5.74, 6) is 0. The van der Waals surface area contributed by atoms with E-state index in [0.29, 0.717) is 0 Å². The summed E-state index contributed by atoms with van der Waals surface area (Å²) in [6, 6.07) is 2.91. The Bertz CT molecular complexity index is 394. The molecule has 0 amide bonds. The number of nitrogens with two attached hydrogens (primary N) is 1. The minimum atomic E-state index is -3.94. The summed E-state index contributed by atoms with van der Waals surface area (Å²) in [4.78, 5) is 0. The van der Waals surface area contributed by atoms with E-state index in [1.54, 1.807) is 11.4 Å². The number of thiophene rings is 1. The first-order chi connectivity index (χ1) is 9.52. The first-order valence-corrected chi connectivity index (χ1v) is 9.55. The van der Waals surface area contributed by atoms with Gasteiger partial charge in [0.25, 0.3) is 0 Å². The summed E-state index contributed by atoms with van der Waals surface area (Å²) < 4.78 is 28.9. The van der Waals surface area contributed by atoms with Crippen LogP contribution in [0.2, 0.25) is 0 Å². The highest BCUT2D eigenvalue weighted by atomic mass is 32.3. The molecule has 0 unspecified atom stereocenters. The third kappa shape index (κ3) is 11.4. The Morgan fingerprint density at radius 2 is 1.65 bits per heavy atom. The molecule has 1 aromatic heterocycles. The quantitative estimate of drug-likeness (QED) is 0.530. The molecule has 6 heteroatoms. The predicted octanol–water partition coefficient (Wildman–Crippen LogP) is 4.08. The normalized spacial score (nSPS) is 10.9. The summed E-state index contributed by atoms with van der Waals surface area (Å²) in [6.07, 6.45) is 11.0. The van der Waals surface area contributed by atoms with E-state index < -0.39 is 10.1 Å². The van der Waals surface area contributed by atoms with Gasteiger partial charge in [-0.25, -0.2) is 0 Å². The lowest BCUT2D eigenvalue weighted by atomic mass is 10.1. The Kier molecular flexibility index (Phi) is 12.1. The highest BCUT2D eigenvalue weighted by Crippen LogP contribution is 2.14. The molecule has 0 aliphatic heterocycles. The fourth-order valence-electron chi connectivity index (χ4n) is 1.69. The van der Waals surface area contributed by atoms with E-state index in [1.165, 1.54) is 57.4 Å². The third-order valence-corrected chi connectivity index (χ3v) is 5.03. The van der Waals surface area contributed by atoms with Crippen LogP contribution in [0.5, 0.6) is 0 Å². The minimum Gasteiger partial charge on any atom is -0.330 e. The zero-order chi connectivity index (χ0) is 15.3. The molecule has 118 valence electrons. The molecule has 20 heavy (non-hydrogen) atoms. The van der Waals surface area contributed by atoms with Crippen LogP contribution in [0.15, 0.2) is 21.7 Å². The van der Waals surface area contributed by atoms with Crippen molar-refractivity contribution >= 4 is 21.5 Å². The van der Waals surface area contributed by atoms with Gasteiger partial charge in [-0.15, -0.1) is 11.3 Å². The van der Waals surface area contributed by atoms with E-state index in [4.69, 9.17) is 10.3 Å². The lowest BCUT2D eigenvalue weighted by molar-refractivity contribution is 0.485. The van der Waals surface area contributed by atoms with Crippen LogP contribution in [0, 0.1) is 0 Å². The van der Waals surface area contributed by atoms with Crippen molar-refractivity contribution in [3.8, 4) is 0 Å². The van der Waals surface area contributed by atoms with Crippen molar-refractivity contribution in [3.63, 3.8) is 0 Å². The van der Waals surface area contributed by atoms with Gasteiger partial charge in [-0.2, -0.15) is 8.42 Å². The first kappa shape index (κ1) is 19.6. The molecule has 0 aliphatic rings. The third-order valence-electron chi connectivity index (χ3n) is 2.81. The lowest BCUT2D eigenvalue weighted by Crippen LogP contribution is -1.97. The van der Waals surface area contributed by atoms with Crippen LogP contribution in [0.1, 0.15) is 58.3 Å². The van der Waals surface area contributed by atoms with Gasteiger partial charge in [0.1, 0.15) is 4.21 Å². The Labute approximate surface area is 127 Å². The molecule has 1 rings (SSSR count). The monoisotopic (exact) mass is 321 g/mol. The molecule has 1 heterocycles. The van der Waals surface area contributed by atoms with Crippen LogP contribution < -0.4 is 5.73 Å². The van der Waals surface area contributed by atoms with Crippen molar-refractivity contribution in [1.29, 1.82) is 0 Å². The highest BCUT2D eigenvalue weighted by molar-refractivity contribution is 7.88. The van der Waals surface area contributed by atoms with Gasteiger partial charge in [-0.3, -0.25) is 4.55 Å². The predicted molar refractivity (Wildman–Crippen MR) is 85.8 cm³/mol. The highest BCUT2D eigenvalue weighted by Gasteiger charge is 2.08. The van der Waals surface area contributed by atoms with Gasteiger partial charge in [0.05, 0.1) is 0 Å². The molecular formula is C14H27NO3S2. The summed E-state index contributed by atoms with van der Waals surface area (Å²) in [5.41, 5.74) is 5.39. The van der Waals surface area contributed by atoms with Crippen LogP contribution in [0.4, 0.5) is 0 Å². The van der Waals surface area contributed by atoms with Crippen LogP contribution in [-0.4, -0.2) is 19.5 Å². The summed E-state index contributed by atoms with van der Waals surface area (Å²) in [7, 11) is -3.94. The fourth-order valence-corrected chi connectivity index (χ4v) is 3.04. The van der Waals surface area contributed by atoms with Crippen LogP contribution in [-0.2, 0) is 10.1 Å². The second-order valence-corrected chi connectivity index (χ2v) is 7.27. The van der Waals surface area contributed by atoms with Gasteiger partial charge in [-0.1, -0.05) is 57.9 Å². The maximum Gasteiger partial charge on any atom is 0.304 e. The second kappa shape index (κ2) is 12.3. The smallest absolute Gasteiger partial charge is 0.304 e.